The number of nitrogens with zero attached hydrogens (tertiary/aromatic N) is 3. The van der Waals surface area contributed by atoms with Gasteiger partial charge in [-0.2, -0.15) is 5.10 Å². The number of rotatable bonds is 6. The Hall–Kier alpha value is -2.66. The number of aromatic nitrogens is 2. The largest absolute Gasteiger partial charge is 0.371 e. The Kier molecular flexibility index (Phi) is 4.97. The number of halogens is 1. The highest BCUT2D eigenvalue weighted by Crippen LogP contribution is 2.26. The van der Waals surface area contributed by atoms with E-state index in [4.69, 9.17) is 0 Å². The maximum atomic E-state index is 14.4. The first-order chi connectivity index (χ1) is 12.8. The molecule has 1 aromatic heterocycles. The molecule has 0 saturated carbocycles. The van der Waals surface area contributed by atoms with E-state index < -0.39 is 0 Å². The molecule has 0 amide bonds. The van der Waals surface area contributed by atoms with E-state index in [1.807, 2.05) is 35.1 Å². The van der Waals surface area contributed by atoms with E-state index >= 15 is 0 Å². The molecule has 0 aliphatic carbocycles. The zero-order valence-electron chi connectivity index (χ0n) is 14.7. The van der Waals surface area contributed by atoms with Crippen LogP contribution in [-0.2, 0) is 13.1 Å². The minimum atomic E-state index is -0.129. The molecule has 1 fully saturated rings. The van der Waals surface area contributed by atoms with Gasteiger partial charge in [-0.05, 0) is 48.7 Å². The second kappa shape index (κ2) is 7.70. The minimum Gasteiger partial charge on any atom is -0.371 e. The number of anilines is 1. The lowest BCUT2D eigenvalue weighted by molar-refractivity contribution is 0.587. The second-order valence-electron chi connectivity index (χ2n) is 6.65. The van der Waals surface area contributed by atoms with Crippen LogP contribution in [0.1, 0.15) is 24.0 Å². The Morgan fingerprint density at radius 3 is 2.50 bits per heavy atom. The third-order valence-electron chi connectivity index (χ3n) is 4.88. The summed E-state index contributed by atoms with van der Waals surface area (Å²) in [5.41, 5.74) is 4.00. The maximum absolute atomic E-state index is 14.4. The zero-order valence-corrected chi connectivity index (χ0v) is 14.7. The quantitative estimate of drug-likeness (QED) is 0.732. The molecule has 0 spiro atoms. The molecule has 4 rings (SSSR count). The first kappa shape index (κ1) is 16.8. The molecule has 5 heteroatoms. The van der Waals surface area contributed by atoms with Gasteiger partial charge in [0.2, 0.25) is 0 Å². The molecule has 3 aromatic rings. The van der Waals surface area contributed by atoms with Crippen LogP contribution in [0, 0.1) is 5.82 Å². The summed E-state index contributed by atoms with van der Waals surface area (Å²) in [6.45, 7) is 3.27. The molecule has 134 valence electrons. The zero-order chi connectivity index (χ0) is 17.8. The van der Waals surface area contributed by atoms with E-state index in [0.29, 0.717) is 13.1 Å². The van der Waals surface area contributed by atoms with Gasteiger partial charge in [0.1, 0.15) is 5.82 Å². The fraction of sp³-hybridized carbons (Fsp3) is 0.286. The van der Waals surface area contributed by atoms with Gasteiger partial charge in [0.15, 0.2) is 0 Å². The van der Waals surface area contributed by atoms with Crippen molar-refractivity contribution < 1.29 is 4.39 Å². The van der Waals surface area contributed by atoms with Crippen LogP contribution in [0.5, 0.6) is 0 Å². The van der Waals surface area contributed by atoms with E-state index in [1.165, 1.54) is 18.4 Å². The van der Waals surface area contributed by atoms with Gasteiger partial charge >= 0.3 is 0 Å². The normalized spacial score (nSPS) is 14.1. The lowest BCUT2D eigenvalue weighted by atomic mass is 10.1. The molecule has 1 aliphatic heterocycles. The van der Waals surface area contributed by atoms with E-state index in [-0.39, 0.29) is 5.82 Å². The van der Waals surface area contributed by atoms with Crippen LogP contribution in [0.4, 0.5) is 10.1 Å². The van der Waals surface area contributed by atoms with Crippen molar-refractivity contribution in [3.63, 3.8) is 0 Å². The number of benzene rings is 2. The van der Waals surface area contributed by atoms with Crippen molar-refractivity contribution in [3.05, 3.63) is 77.9 Å². The first-order valence-electron chi connectivity index (χ1n) is 9.13. The van der Waals surface area contributed by atoms with Gasteiger partial charge < -0.3 is 10.2 Å². The smallest absolute Gasteiger partial charge is 0.129 e. The van der Waals surface area contributed by atoms with Gasteiger partial charge in [-0.3, -0.25) is 0 Å². The average Bonchev–Trinajstić information content (AvgIpc) is 3.38. The Balaban J connectivity index is 1.40. The van der Waals surface area contributed by atoms with Crippen molar-refractivity contribution in [3.8, 4) is 5.69 Å². The van der Waals surface area contributed by atoms with Crippen molar-refractivity contribution in [2.24, 2.45) is 0 Å². The van der Waals surface area contributed by atoms with Crippen molar-refractivity contribution in [2.45, 2.75) is 25.9 Å². The molecular formula is C21H23FN4. The Bertz CT molecular complexity index is 837. The summed E-state index contributed by atoms with van der Waals surface area (Å²) < 4.78 is 16.2. The third-order valence-corrected chi connectivity index (χ3v) is 4.88. The molecule has 1 N–H and O–H groups in total. The monoisotopic (exact) mass is 350 g/mol. The second-order valence-corrected chi connectivity index (χ2v) is 6.65. The van der Waals surface area contributed by atoms with Gasteiger partial charge in [0.25, 0.3) is 0 Å². The van der Waals surface area contributed by atoms with E-state index in [2.05, 4.69) is 27.4 Å². The van der Waals surface area contributed by atoms with Gasteiger partial charge in [0.05, 0.1) is 5.69 Å². The standard InChI is InChI=1S/C21H23FN4/c22-20-5-3-6-21(25-12-1-2-13-25)19(20)16-23-15-17-7-9-18(10-8-17)26-14-4-11-24-26/h3-11,14,23H,1-2,12-13,15-16H2. The maximum Gasteiger partial charge on any atom is 0.129 e. The van der Waals surface area contributed by atoms with E-state index in [0.717, 1.165) is 30.0 Å². The summed E-state index contributed by atoms with van der Waals surface area (Å²) >= 11 is 0. The number of hydrogen-bond acceptors (Lipinski definition) is 3. The molecule has 0 unspecified atom stereocenters. The Morgan fingerprint density at radius 2 is 1.77 bits per heavy atom. The summed E-state index contributed by atoms with van der Waals surface area (Å²) in [6, 6.07) is 15.5. The SMILES string of the molecule is Fc1cccc(N2CCCC2)c1CNCc1ccc(-n2cccn2)cc1. The molecule has 26 heavy (non-hydrogen) atoms. The highest BCUT2D eigenvalue weighted by molar-refractivity contribution is 5.54. The number of nitrogens with one attached hydrogen (secondary N) is 1. The molecule has 0 bridgehead atoms. The molecule has 1 aliphatic rings. The van der Waals surface area contributed by atoms with Gasteiger partial charge in [-0.1, -0.05) is 18.2 Å². The summed E-state index contributed by atoms with van der Waals surface area (Å²) in [5.74, 6) is -0.129. The predicted octanol–water partition coefficient (Wildman–Crippen LogP) is 3.90. The van der Waals surface area contributed by atoms with Crippen LogP contribution < -0.4 is 10.2 Å². The Morgan fingerprint density at radius 1 is 0.962 bits per heavy atom. The molecule has 0 atom stereocenters. The summed E-state index contributed by atoms with van der Waals surface area (Å²) in [7, 11) is 0. The Labute approximate surface area is 153 Å². The third kappa shape index (κ3) is 3.63. The topological polar surface area (TPSA) is 33.1 Å². The van der Waals surface area contributed by atoms with Gasteiger partial charge in [-0.15, -0.1) is 0 Å². The van der Waals surface area contributed by atoms with E-state index in [9.17, 15) is 4.39 Å². The van der Waals surface area contributed by atoms with Crippen LogP contribution in [0.3, 0.4) is 0 Å². The predicted molar refractivity (Wildman–Crippen MR) is 102 cm³/mol. The van der Waals surface area contributed by atoms with Crippen LogP contribution in [0.15, 0.2) is 60.9 Å². The molecular weight excluding hydrogens is 327 g/mol. The lowest BCUT2D eigenvalue weighted by Gasteiger charge is -2.22. The van der Waals surface area contributed by atoms with Crippen molar-refractivity contribution in [1.29, 1.82) is 0 Å². The minimum absolute atomic E-state index is 0.129. The fourth-order valence-electron chi connectivity index (χ4n) is 3.50. The van der Waals surface area contributed by atoms with Gasteiger partial charge in [0, 0.05) is 49.8 Å². The van der Waals surface area contributed by atoms with Crippen LogP contribution in [0.2, 0.25) is 0 Å². The molecule has 2 aromatic carbocycles. The number of hydrogen-bond donors (Lipinski definition) is 1. The molecule has 0 radical (unpaired) electrons. The molecule has 4 nitrogen and oxygen atoms in total. The highest BCUT2D eigenvalue weighted by Gasteiger charge is 2.17. The molecule has 1 saturated heterocycles. The molecule has 2 heterocycles. The highest BCUT2D eigenvalue weighted by atomic mass is 19.1. The van der Waals surface area contributed by atoms with Crippen molar-refractivity contribution in [2.75, 3.05) is 18.0 Å². The van der Waals surface area contributed by atoms with Gasteiger partial charge in [-0.25, -0.2) is 9.07 Å². The summed E-state index contributed by atoms with van der Waals surface area (Å²) in [6.07, 6.45) is 6.06. The van der Waals surface area contributed by atoms with Crippen molar-refractivity contribution >= 4 is 5.69 Å². The fourth-order valence-corrected chi connectivity index (χ4v) is 3.50. The first-order valence-corrected chi connectivity index (χ1v) is 9.13. The summed E-state index contributed by atoms with van der Waals surface area (Å²) in [4.78, 5) is 2.29. The van der Waals surface area contributed by atoms with Crippen LogP contribution in [-0.4, -0.2) is 22.9 Å². The van der Waals surface area contributed by atoms with Crippen molar-refractivity contribution in [1.82, 2.24) is 15.1 Å². The van der Waals surface area contributed by atoms with E-state index in [1.54, 1.807) is 18.3 Å². The lowest BCUT2D eigenvalue weighted by Crippen LogP contribution is -2.22. The van der Waals surface area contributed by atoms with Crippen LogP contribution >= 0.6 is 0 Å². The van der Waals surface area contributed by atoms with Crippen LogP contribution in [0.25, 0.3) is 5.69 Å². The average molecular weight is 350 g/mol. The summed E-state index contributed by atoms with van der Waals surface area (Å²) in [5, 5.41) is 7.62.